The van der Waals surface area contributed by atoms with Crippen molar-refractivity contribution in [3.8, 4) is 11.5 Å². The van der Waals surface area contributed by atoms with E-state index in [-0.39, 0.29) is 29.0 Å². The third kappa shape index (κ3) is 1.94. The van der Waals surface area contributed by atoms with Crippen molar-refractivity contribution < 1.29 is 19.7 Å². The highest BCUT2D eigenvalue weighted by Crippen LogP contribution is 2.94. The van der Waals surface area contributed by atoms with Gasteiger partial charge < -0.3 is 14.9 Å². The summed E-state index contributed by atoms with van der Waals surface area (Å²) < 4.78 is 5.99. The molecule has 4 bridgehead atoms. The number of hydrogen-bond donors (Lipinski definition) is 2. The average molecular weight is 383 g/mol. The molecule has 0 saturated heterocycles. The predicted molar refractivity (Wildman–Crippen MR) is 107 cm³/mol. The highest BCUT2D eigenvalue weighted by Gasteiger charge is 2.89. The van der Waals surface area contributed by atoms with Crippen LogP contribution in [0.4, 0.5) is 0 Å². The van der Waals surface area contributed by atoms with E-state index in [4.69, 9.17) is 4.74 Å². The first-order chi connectivity index (χ1) is 13.1. The van der Waals surface area contributed by atoms with Crippen LogP contribution >= 0.6 is 0 Å². The van der Waals surface area contributed by atoms with E-state index in [2.05, 4.69) is 27.7 Å². The van der Waals surface area contributed by atoms with E-state index in [9.17, 15) is 15.0 Å². The smallest absolute Gasteiger partial charge is 0.331 e. The van der Waals surface area contributed by atoms with Crippen LogP contribution in [0.25, 0.3) is 6.08 Å². The number of carbonyl (C=O) groups is 1. The van der Waals surface area contributed by atoms with Crippen LogP contribution in [0.15, 0.2) is 24.3 Å². The maximum absolute atomic E-state index is 12.5. The number of hydrogen-bond acceptors (Lipinski definition) is 4. The summed E-state index contributed by atoms with van der Waals surface area (Å²) >= 11 is 0. The lowest BCUT2D eigenvalue weighted by atomic mass is 9.48. The molecule has 1 spiro atoms. The first-order valence-electron chi connectivity index (χ1n) is 10.5. The standard InChI is InChI=1S/C24H30O4/c1-21(2)18(28-19(27)8-6-14-5-7-16(25)17(26)11-14)9-10-23(4)20-15-12-24(21,23)13-22(15,20)3/h5-8,11,15,18,20,25-26H,9-10,12-13H2,1-4H3/b8-6+/t15?,18-,20+,22+,23-,24-/m1/s1. The molecule has 1 aromatic carbocycles. The molecule has 0 aromatic heterocycles. The highest BCUT2D eigenvalue weighted by molar-refractivity contribution is 5.87. The van der Waals surface area contributed by atoms with Gasteiger partial charge in [-0.3, -0.25) is 0 Å². The summed E-state index contributed by atoms with van der Waals surface area (Å²) in [5, 5.41) is 19.0. The lowest BCUT2D eigenvalue weighted by molar-refractivity contribution is -0.179. The molecule has 0 radical (unpaired) electrons. The summed E-state index contributed by atoms with van der Waals surface area (Å²) in [5.74, 6) is 1.05. The van der Waals surface area contributed by atoms with Gasteiger partial charge in [0, 0.05) is 11.5 Å². The van der Waals surface area contributed by atoms with Gasteiger partial charge in [0.1, 0.15) is 6.10 Å². The van der Waals surface area contributed by atoms with E-state index in [1.807, 2.05) is 0 Å². The Morgan fingerprint density at radius 1 is 1.18 bits per heavy atom. The second kappa shape index (κ2) is 5.14. The number of ether oxygens (including phenoxy) is 1. The summed E-state index contributed by atoms with van der Waals surface area (Å²) in [6.45, 7) is 9.63. The maximum Gasteiger partial charge on any atom is 0.331 e. The number of rotatable bonds is 3. The molecule has 4 heteroatoms. The minimum absolute atomic E-state index is 0.0262. The average Bonchev–Trinajstić information content (AvgIpc) is 2.87. The summed E-state index contributed by atoms with van der Waals surface area (Å²) in [6, 6.07) is 4.48. The second-order valence-electron chi connectivity index (χ2n) is 10.7. The zero-order valence-corrected chi connectivity index (χ0v) is 17.2. The minimum atomic E-state index is -0.336. The lowest BCUT2D eigenvalue weighted by Crippen LogP contribution is -2.56. The van der Waals surface area contributed by atoms with E-state index in [0.29, 0.717) is 21.8 Å². The van der Waals surface area contributed by atoms with Crippen LogP contribution in [0, 0.1) is 33.5 Å². The van der Waals surface area contributed by atoms with E-state index in [1.165, 1.54) is 31.1 Å². The molecule has 28 heavy (non-hydrogen) atoms. The Morgan fingerprint density at radius 3 is 2.57 bits per heavy atom. The Labute approximate surface area is 166 Å². The largest absolute Gasteiger partial charge is 0.504 e. The first-order valence-corrected chi connectivity index (χ1v) is 10.5. The first kappa shape index (κ1) is 18.1. The van der Waals surface area contributed by atoms with Crippen LogP contribution in [0.5, 0.6) is 11.5 Å². The zero-order valence-electron chi connectivity index (χ0n) is 17.2. The van der Waals surface area contributed by atoms with Gasteiger partial charge in [0.05, 0.1) is 0 Å². The Morgan fingerprint density at radius 2 is 1.93 bits per heavy atom. The molecule has 1 aromatic rings. The molecule has 6 atom stereocenters. The fourth-order valence-electron chi connectivity index (χ4n) is 8.17. The monoisotopic (exact) mass is 382 g/mol. The molecular weight excluding hydrogens is 352 g/mol. The van der Waals surface area contributed by atoms with Gasteiger partial charge in [-0.2, -0.15) is 0 Å². The van der Waals surface area contributed by atoms with E-state index in [1.54, 1.807) is 12.1 Å². The molecule has 5 aliphatic rings. The van der Waals surface area contributed by atoms with Crippen molar-refractivity contribution in [3.05, 3.63) is 29.8 Å². The van der Waals surface area contributed by atoms with Crippen LogP contribution in [-0.4, -0.2) is 22.3 Å². The molecule has 150 valence electrons. The molecule has 6 rings (SSSR count). The Kier molecular flexibility index (Phi) is 3.32. The van der Waals surface area contributed by atoms with Gasteiger partial charge in [0.15, 0.2) is 11.5 Å². The van der Waals surface area contributed by atoms with Crippen molar-refractivity contribution in [3.63, 3.8) is 0 Å². The van der Waals surface area contributed by atoms with Gasteiger partial charge in [-0.15, -0.1) is 0 Å². The number of benzene rings is 1. The van der Waals surface area contributed by atoms with Gasteiger partial charge in [0.25, 0.3) is 0 Å². The summed E-state index contributed by atoms with van der Waals surface area (Å²) in [4.78, 5) is 12.5. The predicted octanol–water partition coefficient (Wildman–Crippen LogP) is 4.90. The number of phenols is 2. The van der Waals surface area contributed by atoms with Crippen LogP contribution in [0.1, 0.15) is 58.9 Å². The molecule has 2 N–H and O–H groups in total. The fraction of sp³-hybridized carbons (Fsp3) is 0.625. The molecule has 0 aliphatic heterocycles. The molecular formula is C24H30O4. The second-order valence-corrected chi connectivity index (χ2v) is 10.7. The molecule has 0 heterocycles. The van der Waals surface area contributed by atoms with E-state index < -0.39 is 0 Å². The Hall–Kier alpha value is -1.97. The quantitative estimate of drug-likeness (QED) is 0.443. The number of aromatic hydroxyl groups is 2. The van der Waals surface area contributed by atoms with Crippen molar-refractivity contribution in [1.29, 1.82) is 0 Å². The fourth-order valence-corrected chi connectivity index (χ4v) is 8.17. The zero-order chi connectivity index (χ0) is 20.1. The van der Waals surface area contributed by atoms with Crippen LogP contribution < -0.4 is 0 Å². The van der Waals surface area contributed by atoms with Gasteiger partial charge in [-0.05, 0) is 77.5 Å². The van der Waals surface area contributed by atoms with Crippen molar-refractivity contribution in [2.24, 2.45) is 33.5 Å². The molecule has 5 aliphatic carbocycles. The van der Waals surface area contributed by atoms with Crippen molar-refractivity contribution in [2.75, 3.05) is 0 Å². The summed E-state index contributed by atoms with van der Waals surface area (Å²) in [5.41, 5.74) is 1.85. The number of carbonyl (C=O) groups excluding carboxylic acids is 1. The summed E-state index contributed by atoms with van der Waals surface area (Å²) in [6.07, 6.45) is 7.65. The van der Waals surface area contributed by atoms with Crippen LogP contribution in [0.2, 0.25) is 0 Å². The van der Waals surface area contributed by atoms with Crippen molar-refractivity contribution >= 4 is 12.0 Å². The van der Waals surface area contributed by atoms with Crippen molar-refractivity contribution in [1.82, 2.24) is 0 Å². The Balaban J connectivity index is 1.33. The number of phenolic OH excluding ortho intramolecular Hbond substituents is 2. The topological polar surface area (TPSA) is 66.8 Å². The van der Waals surface area contributed by atoms with Crippen LogP contribution in [0.3, 0.4) is 0 Å². The molecule has 5 fully saturated rings. The van der Waals surface area contributed by atoms with Gasteiger partial charge >= 0.3 is 5.97 Å². The third-order valence-corrected chi connectivity index (χ3v) is 9.52. The molecule has 0 amide bonds. The summed E-state index contributed by atoms with van der Waals surface area (Å²) in [7, 11) is 0. The lowest BCUT2D eigenvalue weighted by Gasteiger charge is -2.58. The third-order valence-electron chi connectivity index (χ3n) is 9.52. The van der Waals surface area contributed by atoms with Gasteiger partial charge in [-0.25, -0.2) is 4.79 Å². The molecule has 1 unspecified atom stereocenters. The van der Waals surface area contributed by atoms with E-state index >= 15 is 0 Å². The molecule has 4 nitrogen and oxygen atoms in total. The number of esters is 1. The highest BCUT2D eigenvalue weighted by atomic mass is 16.5. The minimum Gasteiger partial charge on any atom is -0.504 e. The van der Waals surface area contributed by atoms with Gasteiger partial charge in [0.2, 0.25) is 0 Å². The molecule has 5 saturated carbocycles. The SMILES string of the molecule is CC1(C)[C@H](OC(=O)/C=C/c2ccc(O)c(O)c2)CC[C@]2(C)[C@H]3C4C[C@@]12C[C@@]43C. The normalized spacial score (nSPS) is 44.5. The maximum atomic E-state index is 12.5. The Bertz CT molecular complexity index is 902. The van der Waals surface area contributed by atoms with Crippen molar-refractivity contribution in [2.45, 2.75) is 59.5 Å². The van der Waals surface area contributed by atoms with Crippen LogP contribution in [-0.2, 0) is 9.53 Å². The van der Waals surface area contributed by atoms with Gasteiger partial charge in [-0.1, -0.05) is 33.8 Å². The van der Waals surface area contributed by atoms with E-state index in [0.717, 1.165) is 24.7 Å².